The highest BCUT2D eigenvalue weighted by molar-refractivity contribution is 4.98. The molecular weight excluding hydrogens is 182 g/mol. The van der Waals surface area contributed by atoms with Crippen LogP contribution in [0.3, 0.4) is 0 Å². The predicted molar refractivity (Wildman–Crippen MR) is 60.0 cm³/mol. The average Bonchev–Trinajstić information content (AvgIpc) is 2.21. The van der Waals surface area contributed by atoms with E-state index in [0.29, 0.717) is 0 Å². The number of hydrogen-bond acceptors (Lipinski definition) is 1. The Bertz CT molecular complexity index is 248. The highest BCUT2D eigenvalue weighted by atomic mass is 14.5. The van der Waals surface area contributed by atoms with E-state index in [1.54, 1.807) is 6.42 Å². The molecular formula is C14H21N. The Kier molecular flexibility index (Phi) is 2.47. The topological polar surface area (TPSA) is 23.8 Å². The van der Waals surface area contributed by atoms with E-state index in [4.69, 9.17) is 5.26 Å². The first kappa shape index (κ1) is 9.70. The Hall–Kier alpha value is -0.510. The number of rotatable bonds is 3. The van der Waals surface area contributed by atoms with E-state index in [2.05, 4.69) is 6.07 Å². The summed E-state index contributed by atoms with van der Waals surface area (Å²) in [4.78, 5) is 0. The summed E-state index contributed by atoms with van der Waals surface area (Å²) >= 11 is 0. The molecule has 4 fully saturated rings. The van der Waals surface area contributed by atoms with Crippen molar-refractivity contribution in [2.45, 2.75) is 51.4 Å². The molecule has 0 spiro atoms. The minimum atomic E-state index is 0.781. The van der Waals surface area contributed by atoms with Gasteiger partial charge in [0.05, 0.1) is 6.07 Å². The van der Waals surface area contributed by atoms with Crippen molar-refractivity contribution in [3.63, 3.8) is 0 Å². The second-order valence-electron chi connectivity index (χ2n) is 6.14. The van der Waals surface area contributed by atoms with Gasteiger partial charge in [0.15, 0.2) is 0 Å². The van der Waals surface area contributed by atoms with E-state index >= 15 is 0 Å². The molecule has 0 amide bonds. The van der Waals surface area contributed by atoms with Crippen molar-refractivity contribution in [1.82, 2.24) is 0 Å². The zero-order chi connectivity index (χ0) is 10.3. The lowest BCUT2D eigenvalue weighted by Crippen LogP contribution is -2.44. The molecule has 0 aromatic carbocycles. The summed E-state index contributed by atoms with van der Waals surface area (Å²) in [6, 6.07) is 2.29. The number of nitrogens with zero attached hydrogens (tertiary/aromatic N) is 1. The summed E-state index contributed by atoms with van der Waals surface area (Å²) in [6.45, 7) is 0. The maximum atomic E-state index is 8.60. The summed E-state index contributed by atoms with van der Waals surface area (Å²) in [6.07, 6.45) is 11.0. The van der Waals surface area contributed by atoms with E-state index < -0.39 is 0 Å². The van der Waals surface area contributed by atoms with Gasteiger partial charge in [-0.05, 0) is 74.5 Å². The van der Waals surface area contributed by atoms with Gasteiger partial charge in [0.2, 0.25) is 0 Å². The normalized spacial score (nSPS) is 46.7. The number of unbranched alkanes of at least 4 members (excludes halogenated alkanes) is 1. The highest BCUT2D eigenvalue weighted by Gasteiger charge is 2.47. The summed E-state index contributed by atoms with van der Waals surface area (Å²) in [5, 5.41) is 8.60. The van der Waals surface area contributed by atoms with Crippen LogP contribution in [0.2, 0.25) is 0 Å². The molecule has 1 nitrogen and oxygen atoms in total. The molecule has 4 aliphatic carbocycles. The van der Waals surface area contributed by atoms with Crippen molar-refractivity contribution in [2.75, 3.05) is 0 Å². The predicted octanol–water partition coefficient (Wildman–Crippen LogP) is 3.75. The summed E-state index contributed by atoms with van der Waals surface area (Å²) in [5.74, 6) is 5.31. The number of nitriles is 1. The van der Waals surface area contributed by atoms with Gasteiger partial charge in [-0.2, -0.15) is 5.26 Å². The van der Waals surface area contributed by atoms with Gasteiger partial charge in [0.25, 0.3) is 0 Å². The Morgan fingerprint density at radius 3 is 2.07 bits per heavy atom. The third kappa shape index (κ3) is 1.69. The standard InChI is InChI=1S/C14H21N/c15-4-2-1-3-14-12-6-10-5-11(8-12)9-13(14)7-10/h10-14H,1-3,5-9H2. The lowest BCUT2D eigenvalue weighted by Gasteiger charge is -2.54. The molecule has 15 heavy (non-hydrogen) atoms. The molecule has 0 unspecified atom stereocenters. The van der Waals surface area contributed by atoms with Crippen LogP contribution in [0.5, 0.6) is 0 Å². The van der Waals surface area contributed by atoms with Gasteiger partial charge in [0, 0.05) is 6.42 Å². The zero-order valence-corrected chi connectivity index (χ0v) is 9.49. The van der Waals surface area contributed by atoms with E-state index in [0.717, 1.165) is 42.4 Å². The zero-order valence-electron chi connectivity index (χ0n) is 9.49. The van der Waals surface area contributed by atoms with Crippen LogP contribution in [-0.2, 0) is 0 Å². The highest BCUT2D eigenvalue weighted by Crippen LogP contribution is 2.57. The molecule has 0 aromatic heterocycles. The Morgan fingerprint density at radius 1 is 0.933 bits per heavy atom. The van der Waals surface area contributed by atoms with Crippen LogP contribution in [0.15, 0.2) is 0 Å². The Labute approximate surface area is 92.9 Å². The molecule has 4 bridgehead atoms. The van der Waals surface area contributed by atoms with E-state index in [-0.39, 0.29) is 0 Å². The minimum absolute atomic E-state index is 0.781. The quantitative estimate of drug-likeness (QED) is 0.641. The van der Waals surface area contributed by atoms with Gasteiger partial charge in [-0.15, -0.1) is 0 Å². The molecule has 0 atom stereocenters. The molecule has 4 rings (SSSR count). The molecule has 0 aliphatic heterocycles. The lowest BCUT2D eigenvalue weighted by atomic mass is 9.51. The molecule has 0 radical (unpaired) electrons. The summed E-state index contributed by atoms with van der Waals surface area (Å²) in [7, 11) is 0. The third-order valence-electron chi connectivity index (χ3n) is 5.25. The van der Waals surface area contributed by atoms with Gasteiger partial charge in [-0.3, -0.25) is 0 Å². The van der Waals surface area contributed by atoms with Crippen LogP contribution in [0.4, 0.5) is 0 Å². The second-order valence-corrected chi connectivity index (χ2v) is 6.14. The largest absolute Gasteiger partial charge is 0.198 e. The number of hydrogen-bond donors (Lipinski definition) is 0. The van der Waals surface area contributed by atoms with Crippen LogP contribution < -0.4 is 0 Å². The summed E-state index contributed by atoms with van der Waals surface area (Å²) < 4.78 is 0. The minimum Gasteiger partial charge on any atom is -0.198 e. The molecule has 0 saturated heterocycles. The first-order valence-corrected chi connectivity index (χ1v) is 6.73. The fraction of sp³-hybridized carbons (Fsp3) is 0.929. The molecule has 4 saturated carbocycles. The van der Waals surface area contributed by atoms with Crippen molar-refractivity contribution in [3.8, 4) is 6.07 Å². The Balaban J connectivity index is 1.63. The van der Waals surface area contributed by atoms with Gasteiger partial charge < -0.3 is 0 Å². The molecule has 4 aliphatic rings. The van der Waals surface area contributed by atoms with E-state index in [9.17, 15) is 0 Å². The van der Waals surface area contributed by atoms with Crippen LogP contribution in [-0.4, -0.2) is 0 Å². The summed E-state index contributed by atoms with van der Waals surface area (Å²) in [5.41, 5.74) is 0. The van der Waals surface area contributed by atoms with Crippen LogP contribution in [0.25, 0.3) is 0 Å². The first-order valence-electron chi connectivity index (χ1n) is 6.73. The molecule has 1 heteroatoms. The van der Waals surface area contributed by atoms with Crippen LogP contribution >= 0.6 is 0 Å². The third-order valence-corrected chi connectivity index (χ3v) is 5.25. The molecule has 82 valence electrons. The molecule has 0 aromatic rings. The van der Waals surface area contributed by atoms with Crippen molar-refractivity contribution in [1.29, 1.82) is 5.26 Å². The molecule has 0 heterocycles. The smallest absolute Gasteiger partial charge is 0.0621 e. The van der Waals surface area contributed by atoms with Crippen molar-refractivity contribution in [3.05, 3.63) is 0 Å². The van der Waals surface area contributed by atoms with Crippen molar-refractivity contribution >= 4 is 0 Å². The fourth-order valence-electron chi connectivity index (χ4n) is 4.93. The van der Waals surface area contributed by atoms with Gasteiger partial charge in [-0.25, -0.2) is 0 Å². The van der Waals surface area contributed by atoms with Crippen LogP contribution in [0.1, 0.15) is 51.4 Å². The monoisotopic (exact) mass is 203 g/mol. The van der Waals surface area contributed by atoms with Gasteiger partial charge in [-0.1, -0.05) is 0 Å². The van der Waals surface area contributed by atoms with E-state index in [1.165, 1.54) is 32.1 Å². The van der Waals surface area contributed by atoms with E-state index in [1.807, 2.05) is 0 Å². The maximum absolute atomic E-state index is 8.60. The van der Waals surface area contributed by atoms with Crippen molar-refractivity contribution < 1.29 is 0 Å². The second kappa shape index (κ2) is 3.81. The SMILES string of the molecule is N#CCCCC1C2CC3CC(C2)CC1C3. The maximum Gasteiger partial charge on any atom is 0.0621 e. The first-order chi connectivity index (χ1) is 7.36. The van der Waals surface area contributed by atoms with Gasteiger partial charge >= 0.3 is 0 Å². The van der Waals surface area contributed by atoms with Crippen LogP contribution in [0, 0.1) is 40.9 Å². The van der Waals surface area contributed by atoms with Crippen molar-refractivity contribution in [2.24, 2.45) is 29.6 Å². The van der Waals surface area contributed by atoms with Gasteiger partial charge in [0.1, 0.15) is 0 Å². The average molecular weight is 203 g/mol. The fourth-order valence-corrected chi connectivity index (χ4v) is 4.93. The lowest BCUT2D eigenvalue weighted by molar-refractivity contribution is -0.0401. The molecule has 0 N–H and O–H groups in total. The Morgan fingerprint density at radius 2 is 1.53 bits per heavy atom.